The van der Waals surface area contributed by atoms with Crippen LogP contribution >= 0.6 is 0 Å². The molecule has 2 aromatic heterocycles. The summed E-state index contributed by atoms with van der Waals surface area (Å²) in [6, 6.07) is 2.14. The van der Waals surface area contributed by atoms with E-state index in [9.17, 15) is 0 Å². The fourth-order valence-electron chi connectivity index (χ4n) is 2.58. The summed E-state index contributed by atoms with van der Waals surface area (Å²) in [6.07, 6.45) is 4.95. The van der Waals surface area contributed by atoms with Gasteiger partial charge >= 0.3 is 0 Å². The van der Waals surface area contributed by atoms with Crippen LogP contribution in [-0.4, -0.2) is 26.9 Å². The summed E-state index contributed by atoms with van der Waals surface area (Å²) in [5, 5.41) is 4.71. The van der Waals surface area contributed by atoms with Crippen molar-refractivity contribution in [2.75, 3.05) is 7.11 Å². The van der Waals surface area contributed by atoms with Gasteiger partial charge in [0.25, 0.3) is 0 Å². The molecule has 5 nitrogen and oxygen atoms in total. The third kappa shape index (κ3) is 2.17. The van der Waals surface area contributed by atoms with E-state index in [2.05, 4.69) is 29.9 Å². The maximum atomic E-state index is 5.43. The van der Waals surface area contributed by atoms with Crippen molar-refractivity contribution in [3.05, 3.63) is 23.8 Å². The molecule has 0 radical (unpaired) electrons. The Labute approximate surface area is 119 Å². The van der Waals surface area contributed by atoms with Crippen LogP contribution in [0.3, 0.4) is 0 Å². The lowest BCUT2D eigenvalue weighted by Crippen LogP contribution is -2.02. The molecule has 1 saturated carbocycles. The molecule has 0 unspecified atom stereocenters. The molecule has 1 aliphatic carbocycles. The molecule has 0 spiro atoms. The third-order valence-electron chi connectivity index (χ3n) is 3.78. The lowest BCUT2D eigenvalue weighted by Gasteiger charge is -2.09. The van der Waals surface area contributed by atoms with Gasteiger partial charge in [-0.3, -0.25) is 4.68 Å². The van der Waals surface area contributed by atoms with Crippen molar-refractivity contribution in [3.63, 3.8) is 0 Å². The fraction of sp³-hybridized carbons (Fsp3) is 0.533. The van der Waals surface area contributed by atoms with Crippen LogP contribution in [0.2, 0.25) is 0 Å². The molecule has 0 aromatic carbocycles. The summed E-state index contributed by atoms with van der Waals surface area (Å²) in [5.74, 6) is 1.17. The molecular formula is C15H20N4O. The topological polar surface area (TPSA) is 52.8 Å². The van der Waals surface area contributed by atoms with E-state index >= 15 is 0 Å². The number of nitrogens with zero attached hydrogens (tertiary/aromatic N) is 4. The van der Waals surface area contributed by atoms with Gasteiger partial charge < -0.3 is 4.74 Å². The Hall–Kier alpha value is -1.91. The second kappa shape index (κ2) is 5.23. The van der Waals surface area contributed by atoms with Gasteiger partial charge in [-0.25, -0.2) is 9.97 Å². The van der Waals surface area contributed by atoms with Crippen LogP contribution in [0.4, 0.5) is 0 Å². The van der Waals surface area contributed by atoms with E-state index in [4.69, 9.17) is 9.84 Å². The smallest absolute Gasteiger partial charge is 0.226 e. The first-order valence-corrected chi connectivity index (χ1v) is 7.24. The third-order valence-corrected chi connectivity index (χ3v) is 3.78. The average molecular weight is 272 g/mol. The van der Waals surface area contributed by atoms with E-state index in [1.165, 1.54) is 18.5 Å². The normalized spacial score (nSPS) is 14.6. The van der Waals surface area contributed by atoms with Crippen molar-refractivity contribution in [1.82, 2.24) is 19.7 Å². The predicted molar refractivity (Wildman–Crippen MR) is 76.8 cm³/mol. The molecule has 5 heteroatoms. The summed E-state index contributed by atoms with van der Waals surface area (Å²) >= 11 is 0. The number of hydrogen-bond acceptors (Lipinski definition) is 4. The monoisotopic (exact) mass is 272 g/mol. The number of methoxy groups -OCH3 is 1. The van der Waals surface area contributed by atoms with Crippen molar-refractivity contribution >= 4 is 0 Å². The van der Waals surface area contributed by atoms with Gasteiger partial charge in [-0.2, -0.15) is 5.10 Å². The molecule has 106 valence electrons. The number of rotatable bonds is 5. The molecule has 1 aliphatic rings. The first kappa shape index (κ1) is 13.1. The summed E-state index contributed by atoms with van der Waals surface area (Å²) < 4.78 is 7.47. The van der Waals surface area contributed by atoms with Gasteiger partial charge in [-0.15, -0.1) is 0 Å². The standard InChI is InChI=1S/C15H20N4O/c1-4-11-8-12(18-19(11)5-2)13-14(10-6-7-10)16-9-17-15(13)20-3/h8-10H,4-7H2,1-3H3. The van der Waals surface area contributed by atoms with Crippen LogP contribution in [0.1, 0.15) is 44.0 Å². The molecule has 2 heterocycles. The number of ether oxygens (including phenoxy) is 1. The van der Waals surface area contributed by atoms with Crippen LogP contribution < -0.4 is 4.74 Å². The minimum atomic E-state index is 0.541. The number of hydrogen-bond donors (Lipinski definition) is 0. The van der Waals surface area contributed by atoms with Crippen LogP contribution in [0.25, 0.3) is 11.3 Å². The molecule has 0 N–H and O–H groups in total. The Morgan fingerprint density at radius 2 is 2.10 bits per heavy atom. The van der Waals surface area contributed by atoms with Crippen LogP contribution in [0, 0.1) is 0 Å². The number of aryl methyl sites for hydroxylation is 2. The highest BCUT2D eigenvalue weighted by Crippen LogP contribution is 2.45. The molecule has 20 heavy (non-hydrogen) atoms. The maximum absolute atomic E-state index is 5.43. The Bertz CT molecular complexity index is 595. The van der Waals surface area contributed by atoms with Gasteiger partial charge in [0, 0.05) is 18.2 Å². The van der Waals surface area contributed by atoms with Gasteiger partial charge in [-0.1, -0.05) is 6.92 Å². The first-order valence-electron chi connectivity index (χ1n) is 7.24. The van der Waals surface area contributed by atoms with E-state index in [-0.39, 0.29) is 0 Å². The SMILES string of the molecule is CCc1cc(-c2c(OC)ncnc2C2CC2)nn1CC. The molecule has 3 rings (SSSR count). The Morgan fingerprint density at radius 1 is 1.30 bits per heavy atom. The van der Waals surface area contributed by atoms with Crippen LogP contribution in [0.5, 0.6) is 5.88 Å². The molecule has 0 aliphatic heterocycles. The van der Waals surface area contributed by atoms with E-state index < -0.39 is 0 Å². The summed E-state index contributed by atoms with van der Waals surface area (Å²) in [4.78, 5) is 8.73. The quantitative estimate of drug-likeness (QED) is 0.840. The van der Waals surface area contributed by atoms with Crippen molar-refractivity contribution in [3.8, 4) is 17.1 Å². The molecule has 1 fully saturated rings. The van der Waals surface area contributed by atoms with Crippen molar-refractivity contribution in [1.29, 1.82) is 0 Å². The molecule has 0 saturated heterocycles. The van der Waals surface area contributed by atoms with Crippen molar-refractivity contribution in [2.45, 2.75) is 45.6 Å². The largest absolute Gasteiger partial charge is 0.480 e. The Balaban J connectivity index is 2.14. The highest BCUT2D eigenvalue weighted by atomic mass is 16.5. The molecule has 0 atom stereocenters. The highest BCUT2D eigenvalue weighted by Gasteiger charge is 2.31. The van der Waals surface area contributed by atoms with Crippen molar-refractivity contribution < 1.29 is 4.74 Å². The molecular weight excluding hydrogens is 252 g/mol. The van der Waals surface area contributed by atoms with Gasteiger partial charge in [0.15, 0.2) is 0 Å². The minimum Gasteiger partial charge on any atom is -0.480 e. The summed E-state index contributed by atoms with van der Waals surface area (Å²) in [5.41, 5.74) is 4.22. The van der Waals surface area contributed by atoms with Gasteiger partial charge in [0.05, 0.1) is 24.1 Å². The van der Waals surface area contributed by atoms with Crippen molar-refractivity contribution in [2.24, 2.45) is 0 Å². The van der Waals surface area contributed by atoms with E-state index in [1.807, 2.05) is 4.68 Å². The van der Waals surface area contributed by atoms with Gasteiger partial charge in [0.2, 0.25) is 5.88 Å². The molecule has 0 amide bonds. The minimum absolute atomic E-state index is 0.541. The number of aromatic nitrogens is 4. The second-order valence-corrected chi connectivity index (χ2v) is 5.11. The van der Waals surface area contributed by atoms with Gasteiger partial charge in [0.1, 0.15) is 6.33 Å². The highest BCUT2D eigenvalue weighted by molar-refractivity contribution is 5.69. The van der Waals surface area contributed by atoms with Crippen LogP contribution in [-0.2, 0) is 13.0 Å². The zero-order valence-corrected chi connectivity index (χ0v) is 12.3. The van der Waals surface area contributed by atoms with E-state index in [1.54, 1.807) is 13.4 Å². The Morgan fingerprint density at radius 3 is 2.65 bits per heavy atom. The molecule has 2 aromatic rings. The predicted octanol–water partition coefficient (Wildman–Crippen LogP) is 2.81. The summed E-state index contributed by atoms with van der Waals surface area (Å²) in [6.45, 7) is 5.13. The zero-order chi connectivity index (χ0) is 14.1. The maximum Gasteiger partial charge on any atom is 0.226 e. The second-order valence-electron chi connectivity index (χ2n) is 5.11. The molecule has 0 bridgehead atoms. The zero-order valence-electron chi connectivity index (χ0n) is 12.3. The Kier molecular flexibility index (Phi) is 3.42. The first-order chi connectivity index (χ1) is 9.78. The van der Waals surface area contributed by atoms with E-state index in [0.29, 0.717) is 11.8 Å². The van der Waals surface area contributed by atoms with Crippen LogP contribution in [0.15, 0.2) is 12.4 Å². The lowest BCUT2D eigenvalue weighted by atomic mass is 10.1. The fourth-order valence-corrected chi connectivity index (χ4v) is 2.58. The summed E-state index contributed by atoms with van der Waals surface area (Å²) in [7, 11) is 1.65. The van der Waals surface area contributed by atoms with E-state index in [0.717, 1.165) is 29.9 Å². The lowest BCUT2D eigenvalue weighted by molar-refractivity contribution is 0.397. The average Bonchev–Trinajstić information content (AvgIpc) is 3.25. The van der Waals surface area contributed by atoms with Gasteiger partial charge in [-0.05, 0) is 32.3 Å².